The van der Waals surface area contributed by atoms with Gasteiger partial charge in [0.2, 0.25) is 0 Å². The molecule has 0 N–H and O–H groups in total. The maximum absolute atomic E-state index is 2.45. The quantitative estimate of drug-likeness (QED) is 0.680. The first kappa shape index (κ1) is 12.7. The van der Waals surface area contributed by atoms with Gasteiger partial charge in [-0.1, -0.05) is 58.9 Å². The van der Waals surface area contributed by atoms with Crippen LogP contribution >= 0.6 is 0 Å². The van der Waals surface area contributed by atoms with E-state index in [9.17, 15) is 0 Å². The van der Waals surface area contributed by atoms with Crippen molar-refractivity contribution in [1.82, 2.24) is 0 Å². The van der Waals surface area contributed by atoms with Crippen LogP contribution in [0.2, 0.25) is 0 Å². The highest BCUT2D eigenvalue weighted by Crippen LogP contribution is 2.44. The molecule has 1 aliphatic carbocycles. The van der Waals surface area contributed by atoms with E-state index in [0.717, 1.165) is 5.92 Å². The Morgan fingerprint density at radius 2 is 1.41 bits per heavy atom. The molecule has 0 bridgehead atoms. The molecule has 17 heavy (non-hydrogen) atoms. The van der Waals surface area contributed by atoms with Gasteiger partial charge >= 0.3 is 0 Å². The zero-order valence-electron chi connectivity index (χ0n) is 12.0. The molecule has 0 unspecified atom stereocenters. The van der Waals surface area contributed by atoms with Crippen LogP contribution in [0.25, 0.3) is 0 Å². The van der Waals surface area contributed by atoms with Crippen molar-refractivity contribution >= 4 is 0 Å². The van der Waals surface area contributed by atoms with Gasteiger partial charge in [-0.3, -0.25) is 0 Å². The molecule has 1 aromatic carbocycles. The summed E-state index contributed by atoms with van der Waals surface area (Å²) in [5.74, 6) is 0.819. The van der Waals surface area contributed by atoms with Gasteiger partial charge in [0.1, 0.15) is 0 Å². The fourth-order valence-electron chi connectivity index (χ4n) is 3.62. The first-order valence-corrected chi connectivity index (χ1v) is 6.85. The average Bonchev–Trinajstić information content (AvgIpc) is 2.57. The molecule has 0 aromatic heterocycles. The smallest absolute Gasteiger partial charge is 0.0239 e. The molecule has 94 valence electrons. The Kier molecular flexibility index (Phi) is 3.10. The summed E-state index contributed by atoms with van der Waals surface area (Å²) in [4.78, 5) is 0. The van der Waals surface area contributed by atoms with Crippen LogP contribution in [0.4, 0.5) is 0 Å². The van der Waals surface area contributed by atoms with Crippen LogP contribution < -0.4 is 0 Å². The van der Waals surface area contributed by atoms with Gasteiger partial charge in [-0.15, -0.1) is 0 Å². The first-order chi connectivity index (χ1) is 7.78. The lowest BCUT2D eigenvalue weighted by molar-refractivity contribution is 0.135. The second-order valence-corrected chi connectivity index (χ2v) is 7.60. The van der Waals surface area contributed by atoms with E-state index in [0.29, 0.717) is 10.8 Å². The van der Waals surface area contributed by atoms with Crippen LogP contribution in [0.5, 0.6) is 0 Å². The molecule has 1 aliphatic rings. The van der Waals surface area contributed by atoms with E-state index in [4.69, 9.17) is 0 Å². The van der Waals surface area contributed by atoms with Gasteiger partial charge < -0.3 is 0 Å². The summed E-state index contributed by atoms with van der Waals surface area (Å²) in [6.07, 6.45) is 3.86. The third-order valence-corrected chi connectivity index (χ3v) is 4.14. The molecule has 0 saturated carbocycles. The Labute approximate surface area is 106 Å². The average molecular weight is 230 g/mol. The Morgan fingerprint density at radius 1 is 0.941 bits per heavy atom. The zero-order chi connectivity index (χ0) is 12.7. The molecule has 0 amide bonds. The third-order valence-electron chi connectivity index (χ3n) is 4.14. The SMILES string of the molecule is CC(C)(C)CC(C)(C)C1Cc2ccccc2C1. The molecule has 0 saturated heterocycles. The fraction of sp³-hybridized carbons (Fsp3) is 0.647. The van der Waals surface area contributed by atoms with E-state index in [1.54, 1.807) is 11.1 Å². The number of fused-ring (bicyclic) bond motifs is 1. The molecule has 1 aromatic rings. The summed E-state index contributed by atoms with van der Waals surface area (Å²) in [7, 11) is 0. The Bertz CT molecular complexity index is 368. The van der Waals surface area contributed by atoms with Crippen molar-refractivity contribution < 1.29 is 0 Å². The Balaban J connectivity index is 2.12. The molecule has 0 aliphatic heterocycles. The predicted molar refractivity (Wildman–Crippen MR) is 75.2 cm³/mol. The van der Waals surface area contributed by atoms with Gasteiger partial charge in [0.15, 0.2) is 0 Å². The summed E-state index contributed by atoms with van der Waals surface area (Å²) >= 11 is 0. The molecule has 0 atom stereocenters. The minimum Gasteiger partial charge on any atom is -0.0620 e. The van der Waals surface area contributed by atoms with E-state index in [-0.39, 0.29) is 0 Å². The molecular weight excluding hydrogens is 204 g/mol. The van der Waals surface area contributed by atoms with E-state index in [1.165, 1.54) is 19.3 Å². The lowest BCUT2D eigenvalue weighted by Gasteiger charge is -2.37. The van der Waals surface area contributed by atoms with E-state index in [1.807, 2.05) is 0 Å². The highest BCUT2D eigenvalue weighted by Gasteiger charge is 2.36. The topological polar surface area (TPSA) is 0 Å². The minimum atomic E-state index is 0.429. The Morgan fingerprint density at radius 3 is 1.82 bits per heavy atom. The van der Waals surface area contributed by atoms with Crippen molar-refractivity contribution in [2.45, 2.75) is 53.9 Å². The third kappa shape index (κ3) is 2.91. The molecule has 0 heterocycles. The van der Waals surface area contributed by atoms with Crippen molar-refractivity contribution in [1.29, 1.82) is 0 Å². The van der Waals surface area contributed by atoms with Gasteiger partial charge in [0.25, 0.3) is 0 Å². The number of hydrogen-bond donors (Lipinski definition) is 0. The van der Waals surface area contributed by atoms with Crippen molar-refractivity contribution in [2.75, 3.05) is 0 Å². The summed E-state index contributed by atoms with van der Waals surface area (Å²) < 4.78 is 0. The fourth-order valence-corrected chi connectivity index (χ4v) is 3.62. The highest BCUT2D eigenvalue weighted by molar-refractivity contribution is 5.32. The lowest BCUT2D eigenvalue weighted by atomic mass is 9.68. The lowest BCUT2D eigenvalue weighted by Crippen LogP contribution is -2.29. The summed E-state index contributed by atoms with van der Waals surface area (Å²) in [5, 5.41) is 0. The normalized spacial score (nSPS) is 17.2. The van der Waals surface area contributed by atoms with Gasteiger partial charge in [0.05, 0.1) is 0 Å². The van der Waals surface area contributed by atoms with Crippen LogP contribution in [0.15, 0.2) is 24.3 Å². The van der Waals surface area contributed by atoms with Crippen LogP contribution in [0, 0.1) is 16.7 Å². The largest absolute Gasteiger partial charge is 0.0620 e. The second kappa shape index (κ2) is 4.15. The van der Waals surface area contributed by atoms with Crippen LogP contribution in [0.3, 0.4) is 0 Å². The first-order valence-electron chi connectivity index (χ1n) is 6.85. The van der Waals surface area contributed by atoms with Crippen molar-refractivity contribution in [3.05, 3.63) is 35.4 Å². The van der Waals surface area contributed by atoms with Gasteiger partial charge in [-0.05, 0) is 47.1 Å². The molecule has 0 fully saturated rings. The van der Waals surface area contributed by atoms with E-state index in [2.05, 4.69) is 58.9 Å². The predicted octanol–water partition coefficient (Wildman–Crippen LogP) is 4.86. The maximum atomic E-state index is 2.45. The van der Waals surface area contributed by atoms with Crippen molar-refractivity contribution in [3.63, 3.8) is 0 Å². The maximum Gasteiger partial charge on any atom is -0.0239 e. The number of benzene rings is 1. The van der Waals surface area contributed by atoms with Crippen molar-refractivity contribution in [2.24, 2.45) is 16.7 Å². The van der Waals surface area contributed by atoms with E-state index >= 15 is 0 Å². The standard InChI is InChI=1S/C17H26/c1-16(2,3)12-17(4,5)15-10-13-8-6-7-9-14(13)11-15/h6-9,15H,10-12H2,1-5H3. The van der Waals surface area contributed by atoms with E-state index < -0.39 is 0 Å². The summed E-state index contributed by atoms with van der Waals surface area (Å²) in [6.45, 7) is 12.0. The van der Waals surface area contributed by atoms with Crippen molar-refractivity contribution in [3.8, 4) is 0 Å². The molecule has 0 nitrogen and oxygen atoms in total. The number of hydrogen-bond acceptors (Lipinski definition) is 0. The van der Waals surface area contributed by atoms with Crippen LogP contribution in [0.1, 0.15) is 52.2 Å². The van der Waals surface area contributed by atoms with Gasteiger partial charge in [0, 0.05) is 0 Å². The highest BCUT2D eigenvalue weighted by atomic mass is 14.4. The zero-order valence-corrected chi connectivity index (χ0v) is 12.0. The monoisotopic (exact) mass is 230 g/mol. The number of rotatable bonds is 2. The summed E-state index contributed by atoms with van der Waals surface area (Å²) in [5.41, 5.74) is 4.04. The van der Waals surface area contributed by atoms with Gasteiger partial charge in [-0.2, -0.15) is 0 Å². The summed E-state index contributed by atoms with van der Waals surface area (Å²) in [6, 6.07) is 8.97. The second-order valence-electron chi connectivity index (χ2n) is 7.60. The van der Waals surface area contributed by atoms with Crippen LogP contribution in [-0.4, -0.2) is 0 Å². The molecule has 2 rings (SSSR count). The molecule has 0 radical (unpaired) electrons. The molecular formula is C17H26. The van der Waals surface area contributed by atoms with Crippen LogP contribution in [-0.2, 0) is 12.8 Å². The minimum absolute atomic E-state index is 0.429. The Hall–Kier alpha value is -0.780. The molecule has 0 heteroatoms. The van der Waals surface area contributed by atoms with Gasteiger partial charge in [-0.25, -0.2) is 0 Å². The molecule has 0 spiro atoms.